The van der Waals surface area contributed by atoms with Crippen LogP contribution in [0.25, 0.3) is 0 Å². The van der Waals surface area contributed by atoms with Crippen LogP contribution in [0.1, 0.15) is 33.1 Å². The molecule has 0 spiro atoms. The first-order chi connectivity index (χ1) is 7.87. The van der Waals surface area contributed by atoms with Crippen LogP contribution in [-0.4, -0.2) is 37.3 Å². The molecular formula is C12H23F3N2. The van der Waals surface area contributed by atoms with Crippen LogP contribution in [0.4, 0.5) is 13.2 Å². The van der Waals surface area contributed by atoms with E-state index in [1.54, 1.807) is 0 Å². The Bertz CT molecular complexity index is 236. The van der Waals surface area contributed by atoms with E-state index in [1.807, 2.05) is 4.90 Å². The fraction of sp³-hybridized carbons (Fsp3) is 1.00. The van der Waals surface area contributed by atoms with Gasteiger partial charge in [0.1, 0.15) is 0 Å². The van der Waals surface area contributed by atoms with Crippen molar-refractivity contribution in [3.63, 3.8) is 0 Å². The number of hydrogen-bond donors (Lipinski definition) is 1. The highest BCUT2D eigenvalue weighted by Gasteiger charge is 2.42. The lowest BCUT2D eigenvalue weighted by Crippen LogP contribution is -2.40. The van der Waals surface area contributed by atoms with Crippen molar-refractivity contribution in [3.05, 3.63) is 0 Å². The maximum absolute atomic E-state index is 12.6. The molecule has 1 unspecified atom stereocenters. The molecule has 2 N–H and O–H groups in total. The first-order valence-corrected chi connectivity index (χ1v) is 6.36. The van der Waals surface area contributed by atoms with Crippen LogP contribution in [0.5, 0.6) is 0 Å². The SMILES string of the molecule is CCC1(CC)CCN(CC(CN)C(F)(F)F)C1. The van der Waals surface area contributed by atoms with Gasteiger partial charge in [-0.25, -0.2) is 0 Å². The standard InChI is InChI=1S/C12H23F3N2/c1-3-11(4-2)5-6-17(9-11)8-10(7-16)12(13,14)15/h10H,3-9,16H2,1-2H3. The Morgan fingerprint density at radius 1 is 1.29 bits per heavy atom. The number of likely N-dealkylation sites (tertiary alicyclic amines) is 1. The van der Waals surface area contributed by atoms with Gasteiger partial charge in [0, 0.05) is 19.6 Å². The van der Waals surface area contributed by atoms with Crippen LogP contribution in [0, 0.1) is 11.3 Å². The van der Waals surface area contributed by atoms with E-state index in [1.165, 1.54) is 0 Å². The molecule has 1 saturated heterocycles. The minimum absolute atomic E-state index is 0.0573. The monoisotopic (exact) mass is 252 g/mol. The van der Waals surface area contributed by atoms with Crippen LogP contribution in [0.15, 0.2) is 0 Å². The summed E-state index contributed by atoms with van der Waals surface area (Å²) in [5, 5.41) is 0. The lowest BCUT2D eigenvalue weighted by molar-refractivity contribution is -0.175. The molecule has 17 heavy (non-hydrogen) atoms. The largest absolute Gasteiger partial charge is 0.394 e. The predicted molar refractivity (Wildman–Crippen MR) is 62.7 cm³/mol. The predicted octanol–water partition coefficient (Wildman–Crippen LogP) is 2.64. The smallest absolute Gasteiger partial charge is 0.330 e. The van der Waals surface area contributed by atoms with E-state index in [2.05, 4.69) is 13.8 Å². The Balaban J connectivity index is 2.55. The number of rotatable bonds is 5. The van der Waals surface area contributed by atoms with Crippen LogP contribution >= 0.6 is 0 Å². The molecule has 102 valence electrons. The topological polar surface area (TPSA) is 29.3 Å². The summed E-state index contributed by atoms with van der Waals surface area (Å²) in [6.07, 6.45) is -1.08. The van der Waals surface area contributed by atoms with Crippen molar-refractivity contribution in [1.82, 2.24) is 4.90 Å². The molecule has 1 atom stereocenters. The zero-order valence-corrected chi connectivity index (χ0v) is 10.7. The molecule has 0 aromatic heterocycles. The van der Waals surface area contributed by atoms with Gasteiger partial charge in [-0.2, -0.15) is 13.2 Å². The summed E-state index contributed by atoms with van der Waals surface area (Å²) in [5.74, 6) is -1.38. The molecule has 0 radical (unpaired) electrons. The van der Waals surface area contributed by atoms with Gasteiger partial charge in [-0.1, -0.05) is 13.8 Å². The fourth-order valence-electron chi connectivity index (χ4n) is 2.63. The molecule has 0 bridgehead atoms. The third kappa shape index (κ3) is 3.58. The van der Waals surface area contributed by atoms with Crippen molar-refractivity contribution < 1.29 is 13.2 Å². The summed E-state index contributed by atoms with van der Waals surface area (Å²) in [7, 11) is 0. The quantitative estimate of drug-likeness (QED) is 0.815. The van der Waals surface area contributed by atoms with Crippen molar-refractivity contribution in [1.29, 1.82) is 0 Å². The fourth-order valence-corrected chi connectivity index (χ4v) is 2.63. The molecule has 0 aromatic rings. The third-order valence-electron chi connectivity index (χ3n) is 4.24. The molecule has 0 saturated carbocycles. The van der Waals surface area contributed by atoms with Crippen LogP contribution in [0.3, 0.4) is 0 Å². The van der Waals surface area contributed by atoms with Gasteiger partial charge in [0.15, 0.2) is 0 Å². The van der Waals surface area contributed by atoms with Crippen LogP contribution in [0.2, 0.25) is 0 Å². The zero-order valence-electron chi connectivity index (χ0n) is 10.7. The zero-order chi connectivity index (χ0) is 13.1. The molecule has 1 heterocycles. The number of hydrogen-bond acceptors (Lipinski definition) is 2. The molecule has 0 amide bonds. The van der Waals surface area contributed by atoms with E-state index >= 15 is 0 Å². The lowest BCUT2D eigenvalue weighted by Gasteiger charge is -2.28. The van der Waals surface area contributed by atoms with Gasteiger partial charge in [0.25, 0.3) is 0 Å². The van der Waals surface area contributed by atoms with Crippen molar-refractivity contribution in [2.24, 2.45) is 17.1 Å². The van der Waals surface area contributed by atoms with E-state index < -0.39 is 12.1 Å². The summed E-state index contributed by atoms with van der Waals surface area (Å²) in [6.45, 7) is 5.54. The second-order valence-electron chi connectivity index (χ2n) is 5.17. The number of nitrogens with two attached hydrogens (primary N) is 1. The summed E-state index contributed by atoms with van der Waals surface area (Å²) >= 11 is 0. The molecule has 0 aliphatic carbocycles. The van der Waals surface area contributed by atoms with Gasteiger partial charge < -0.3 is 10.6 Å². The van der Waals surface area contributed by atoms with Crippen LogP contribution < -0.4 is 5.73 Å². The molecule has 5 heteroatoms. The molecule has 0 aromatic carbocycles. The average Bonchev–Trinajstić information content (AvgIpc) is 2.68. The molecule has 1 fully saturated rings. The van der Waals surface area contributed by atoms with Gasteiger partial charge in [0.05, 0.1) is 5.92 Å². The second-order valence-corrected chi connectivity index (χ2v) is 5.17. The van der Waals surface area contributed by atoms with E-state index in [0.29, 0.717) is 0 Å². The maximum atomic E-state index is 12.6. The third-order valence-corrected chi connectivity index (χ3v) is 4.24. The van der Waals surface area contributed by atoms with E-state index in [0.717, 1.165) is 32.4 Å². The second kappa shape index (κ2) is 5.57. The Morgan fingerprint density at radius 3 is 2.24 bits per heavy atom. The highest BCUT2D eigenvalue weighted by atomic mass is 19.4. The Morgan fingerprint density at radius 2 is 1.88 bits per heavy atom. The highest BCUT2D eigenvalue weighted by Crippen LogP contribution is 2.38. The van der Waals surface area contributed by atoms with Crippen LogP contribution in [-0.2, 0) is 0 Å². The minimum atomic E-state index is -4.17. The summed E-state index contributed by atoms with van der Waals surface area (Å²) in [6, 6.07) is 0. The highest BCUT2D eigenvalue weighted by molar-refractivity contribution is 4.89. The van der Waals surface area contributed by atoms with Crippen molar-refractivity contribution in [3.8, 4) is 0 Å². The first kappa shape index (κ1) is 14.8. The molecule has 1 aliphatic rings. The van der Waals surface area contributed by atoms with Crippen molar-refractivity contribution in [2.75, 3.05) is 26.2 Å². The molecular weight excluding hydrogens is 229 g/mol. The molecule has 1 aliphatic heterocycles. The van der Waals surface area contributed by atoms with E-state index in [-0.39, 0.29) is 18.5 Å². The first-order valence-electron chi connectivity index (χ1n) is 6.36. The summed E-state index contributed by atoms with van der Waals surface area (Å²) in [5.41, 5.74) is 5.45. The molecule has 2 nitrogen and oxygen atoms in total. The Hall–Kier alpha value is -0.290. The Labute approximate surface area is 101 Å². The number of halogens is 3. The normalized spacial score (nSPS) is 22.9. The van der Waals surface area contributed by atoms with Gasteiger partial charge in [-0.15, -0.1) is 0 Å². The average molecular weight is 252 g/mol. The minimum Gasteiger partial charge on any atom is -0.330 e. The summed E-state index contributed by atoms with van der Waals surface area (Å²) in [4.78, 5) is 1.93. The molecule has 1 rings (SSSR count). The van der Waals surface area contributed by atoms with Gasteiger partial charge in [0.2, 0.25) is 0 Å². The number of alkyl halides is 3. The summed E-state index contributed by atoms with van der Waals surface area (Å²) < 4.78 is 37.9. The van der Waals surface area contributed by atoms with Gasteiger partial charge in [-0.05, 0) is 31.2 Å². The Kier molecular flexibility index (Phi) is 4.84. The lowest BCUT2D eigenvalue weighted by atomic mass is 9.82. The van der Waals surface area contributed by atoms with E-state index in [9.17, 15) is 13.2 Å². The van der Waals surface area contributed by atoms with Gasteiger partial charge >= 0.3 is 6.18 Å². The number of nitrogens with zero attached hydrogens (tertiary/aromatic N) is 1. The maximum Gasteiger partial charge on any atom is 0.394 e. The van der Waals surface area contributed by atoms with Gasteiger partial charge in [-0.3, -0.25) is 0 Å². The van der Waals surface area contributed by atoms with Crippen molar-refractivity contribution >= 4 is 0 Å². The van der Waals surface area contributed by atoms with E-state index in [4.69, 9.17) is 5.73 Å². The van der Waals surface area contributed by atoms with Crippen molar-refractivity contribution in [2.45, 2.75) is 39.3 Å².